The average molecular weight is 168 g/mol. The molecule has 0 spiro atoms. The van der Waals surface area contributed by atoms with E-state index in [9.17, 15) is 5.11 Å². The Morgan fingerprint density at radius 1 is 1.33 bits per heavy atom. The summed E-state index contributed by atoms with van der Waals surface area (Å²) in [5.74, 6) is 0. The van der Waals surface area contributed by atoms with Crippen molar-refractivity contribution in [1.29, 1.82) is 0 Å². The molecular weight excluding hydrogens is 152 g/mol. The normalized spacial score (nSPS) is 39.2. The van der Waals surface area contributed by atoms with Crippen LogP contribution in [0.2, 0.25) is 0 Å². The number of aliphatic hydroxyl groups is 1. The van der Waals surface area contributed by atoms with Gasteiger partial charge in [0.1, 0.15) is 5.72 Å². The van der Waals surface area contributed by atoms with Crippen LogP contribution >= 0.6 is 0 Å². The third-order valence-electron chi connectivity index (χ3n) is 2.74. The zero-order chi connectivity index (χ0) is 8.98. The Bertz CT molecular complexity index is 233. The Kier molecular flexibility index (Phi) is 1.37. The third kappa shape index (κ3) is 0.898. The Morgan fingerprint density at radius 3 is 2.58 bits per heavy atom. The Balaban J connectivity index is 2.33. The lowest BCUT2D eigenvalue weighted by Crippen LogP contribution is -2.44. The molecule has 12 heavy (non-hydrogen) atoms. The summed E-state index contributed by atoms with van der Waals surface area (Å²) in [6, 6.07) is 0. The number of hydrazine groups is 1. The van der Waals surface area contributed by atoms with Crippen LogP contribution in [0.5, 0.6) is 0 Å². The lowest BCUT2D eigenvalue weighted by Gasteiger charge is -2.33. The van der Waals surface area contributed by atoms with Crippen molar-refractivity contribution >= 4 is 0 Å². The fourth-order valence-electron chi connectivity index (χ4n) is 2.37. The minimum Gasteiger partial charge on any atom is -0.370 e. The Hall–Kier alpha value is -0.540. The predicted octanol–water partition coefficient (Wildman–Crippen LogP) is 0.923. The van der Waals surface area contributed by atoms with Crippen molar-refractivity contribution in [3.63, 3.8) is 0 Å². The highest BCUT2D eigenvalue weighted by Gasteiger charge is 2.50. The molecule has 0 aromatic heterocycles. The van der Waals surface area contributed by atoms with E-state index in [0.29, 0.717) is 0 Å². The molecule has 3 heteroatoms. The van der Waals surface area contributed by atoms with E-state index in [0.717, 1.165) is 13.0 Å². The molecule has 0 aliphatic carbocycles. The molecule has 2 heterocycles. The SMILES string of the molecule is CC1(C)CC(C)(O)N2C=CCN21. The lowest BCUT2D eigenvalue weighted by atomic mass is 9.96. The molecule has 0 amide bonds. The van der Waals surface area contributed by atoms with Crippen molar-refractivity contribution in [3.05, 3.63) is 12.3 Å². The molecule has 0 radical (unpaired) electrons. The number of nitrogens with zero attached hydrogens (tertiary/aromatic N) is 2. The van der Waals surface area contributed by atoms with Crippen LogP contribution in [0.1, 0.15) is 27.2 Å². The third-order valence-corrected chi connectivity index (χ3v) is 2.74. The van der Waals surface area contributed by atoms with Crippen molar-refractivity contribution < 1.29 is 5.11 Å². The predicted molar refractivity (Wildman–Crippen MR) is 47.0 cm³/mol. The van der Waals surface area contributed by atoms with Crippen LogP contribution in [-0.2, 0) is 0 Å². The van der Waals surface area contributed by atoms with Gasteiger partial charge in [-0.2, -0.15) is 0 Å². The van der Waals surface area contributed by atoms with Crippen molar-refractivity contribution in [2.75, 3.05) is 6.54 Å². The van der Waals surface area contributed by atoms with Crippen molar-refractivity contribution in [1.82, 2.24) is 10.0 Å². The smallest absolute Gasteiger partial charge is 0.150 e. The number of rotatable bonds is 0. The van der Waals surface area contributed by atoms with Crippen molar-refractivity contribution in [2.45, 2.75) is 38.5 Å². The molecule has 1 N–H and O–H groups in total. The number of hydrogen-bond acceptors (Lipinski definition) is 3. The molecule has 1 atom stereocenters. The van der Waals surface area contributed by atoms with E-state index >= 15 is 0 Å². The van der Waals surface area contributed by atoms with Gasteiger partial charge in [-0.15, -0.1) is 0 Å². The van der Waals surface area contributed by atoms with E-state index in [4.69, 9.17) is 0 Å². The molecule has 0 aromatic rings. The quantitative estimate of drug-likeness (QED) is 0.582. The van der Waals surface area contributed by atoms with Gasteiger partial charge < -0.3 is 5.11 Å². The first kappa shape index (κ1) is 8.08. The van der Waals surface area contributed by atoms with Gasteiger partial charge in [0.05, 0.1) is 0 Å². The molecule has 1 saturated heterocycles. The molecule has 2 rings (SSSR count). The molecule has 68 valence electrons. The van der Waals surface area contributed by atoms with E-state index in [1.54, 1.807) is 0 Å². The molecule has 3 nitrogen and oxygen atoms in total. The molecule has 2 aliphatic rings. The van der Waals surface area contributed by atoms with Gasteiger partial charge in [0, 0.05) is 24.7 Å². The van der Waals surface area contributed by atoms with Crippen LogP contribution in [0.25, 0.3) is 0 Å². The van der Waals surface area contributed by atoms with Gasteiger partial charge in [-0.3, -0.25) is 5.01 Å². The van der Waals surface area contributed by atoms with Gasteiger partial charge in [-0.1, -0.05) is 6.08 Å². The lowest BCUT2D eigenvalue weighted by molar-refractivity contribution is -0.113. The van der Waals surface area contributed by atoms with Crippen LogP contribution in [0.3, 0.4) is 0 Å². The van der Waals surface area contributed by atoms with Gasteiger partial charge in [0.15, 0.2) is 0 Å². The van der Waals surface area contributed by atoms with E-state index < -0.39 is 5.72 Å². The van der Waals surface area contributed by atoms with Crippen molar-refractivity contribution in [3.8, 4) is 0 Å². The van der Waals surface area contributed by atoms with Gasteiger partial charge in [-0.25, -0.2) is 5.01 Å². The fraction of sp³-hybridized carbons (Fsp3) is 0.778. The van der Waals surface area contributed by atoms with Crippen LogP contribution in [0.15, 0.2) is 12.3 Å². The minimum atomic E-state index is -0.698. The van der Waals surface area contributed by atoms with Crippen LogP contribution in [0.4, 0.5) is 0 Å². The summed E-state index contributed by atoms with van der Waals surface area (Å²) in [6.45, 7) is 7.11. The second kappa shape index (κ2) is 2.03. The number of hydrogen-bond donors (Lipinski definition) is 1. The first-order valence-corrected chi connectivity index (χ1v) is 4.39. The maximum absolute atomic E-state index is 10.0. The molecule has 2 aliphatic heterocycles. The van der Waals surface area contributed by atoms with E-state index in [1.807, 2.05) is 18.1 Å². The summed E-state index contributed by atoms with van der Waals surface area (Å²) < 4.78 is 0. The molecule has 0 bridgehead atoms. The van der Waals surface area contributed by atoms with Crippen LogP contribution in [-0.4, -0.2) is 32.9 Å². The Morgan fingerprint density at radius 2 is 2.00 bits per heavy atom. The largest absolute Gasteiger partial charge is 0.370 e. The van der Waals surface area contributed by atoms with Crippen LogP contribution < -0.4 is 0 Å². The first-order chi connectivity index (χ1) is 5.43. The standard InChI is InChI=1S/C9H16N2O/c1-8(2)7-9(3,12)11-6-4-5-10(8)11/h4,6,12H,5,7H2,1-3H3. The zero-order valence-corrected chi connectivity index (χ0v) is 7.91. The van der Waals surface area contributed by atoms with E-state index in [-0.39, 0.29) is 5.54 Å². The van der Waals surface area contributed by atoms with Gasteiger partial charge >= 0.3 is 0 Å². The first-order valence-electron chi connectivity index (χ1n) is 4.39. The van der Waals surface area contributed by atoms with Gasteiger partial charge in [0.2, 0.25) is 0 Å². The second-order valence-corrected chi connectivity index (χ2v) is 4.52. The molecule has 1 fully saturated rings. The van der Waals surface area contributed by atoms with Crippen molar-refractivity contribution in [2.24, 2.45) is 0 Å². The van der Waals surface area contributed by atoms with E-state index in [1.165, 1.54) is 0 Å². The van der Waals surface area contributed by atoms with E-state index in [2.05, 4.69) is 24.9 Å². The van der Waals surface area contributed by atoms with Crippen LogP contribution in [0, 0.1) is 0 Å². The zero-order valence-electron chi connectivity index (χ0n) is 7.91. The second-order valence-electron chi connectivity index (χ2n) is 4.52. The summed E-state index contributed by atoms with van der Waals surface area (Å²) >= 11 is 0. The van der Waals surface area contributed by atoms with Gasteiger partial charge in [-0.05, 0) is 20.8 Å². The molecule has 0 aromatic carbocycles. The minimum absolute atomic E-state index is 0.0764. The highest BCUT2D eigenvalue weighted by Crippen LogP contribution is 2.41. The summed E-state index contributed by atoms with van der Waals surface area (Å²) in [6.07, 6.45) is 4.84. The number of fused-ring (bicyclic) bond motifs is 1. The average Bonchev–Trinajstić information content (AvgIpc) is 2.34. The monoisotopic (exact) mass is 168 g/mol. The summed E-state index contributed by atoms with van der Waals surface area (Å²) in [5, 5.41) is 14.2. The molecule has 0 saturated carbocycles. The summed E-state index contributed by atoms with van der Waals surface area (Å²) in [5.41, 5.74) is -0.622. The van der Waals surface area contributed by atoms with Gasteiger partial charge in [0.25, 0.3) is 0 Å². The highest BCUT2D eigenvalue weighted by atomic mass is 16.3. The molecule has 1 unspecified atom stereocenters. The summed E-state index contributed by atoms with van der Waals surface area (Å²) in [7, 11) is 0. The summed E-state index contributed by atoms with van der Waals surface area (Å²) in [4.78, 5) is 0. The topological polar surface area (TPSA) is 26.7 Å². The highest BCUT2D eigenvalue weighted by molar-refractivity contribution is 5.07. The Labute approximate surface area is 73.2 Å². The maximum Gasteiger partial charge on any atom is 0.150 e. The molecular formula is C9H16N2O. The fourth-order valence-corrected chi connectivity index (χ4v) is 2.37. The maximum atomic E-state index is 10.0.